The average molecular weight is 486 g/mol. The van der Waals surface area contributed by atoms with Crippen molar-refractivity contribution in [1.82, 2.24) is 30.1 Å². The molecule has 1 spiro atoms. The minimum Gasteiger partial charge on any atom is -0.444 e. The molecule has 1 saturated heterocycles. The first-order valence-corrected chi connectivity index (χ1v) is 11.9. The van der Waals surface area contributed by atoms with Gasteiger partial charge in [-0.15, -0.1) is 10.2 Å². The molecule has 1 unspecified atom stereocenters. The zero-order valence-electron chi connectivity index (χ0n) is 21.9. The molecule has 0 aliphatic carbocycles. The Bertz CT molecular complexity index is 1150. The molecule has 0 N–H and O–H groups in total. The molecule has 2 aromatic rings. The number of ether oxygens (including phenoxy) is 2. The minimum atomic E-state index is -0.683. The Morgan fingerprint density at radius 3 is 2.29 bits per heavy atom. The molecule has 35 heavy (non-hydrogen) atoms. The first-order valence-electron chi connectivity index (χ1n) is 11.9. The van der Waals surface area contributed by atoms with Gasteiger partial charge in [0, 0.05) is 18.7 Å². The number of rotatable bonds is 1. The van der Waals surface area contributed by atoms with E-state index in [0.717, 1.165) is 11.1 Å². The Morgan fingerprint density at radius 2 is 1.69 bits per heavy atom. The quantitative estimate of drug-likeness (QED) is 0.601. The highest BCUT2D eigenvalue weighted by Crippen LogP contribution is 2.43. The van der Waals surface area contributed by atoms with Crippen LogP contribution < -0.4 is 4.90 Å². The number of hydrogen-bond acceptors (Lipinski definition) is 8. The van der Waals surface area contributed by atoms with Crippen LogP contribution in [0.1, 0.15) is 65.6 Å². The number of aryl methyl sites for hydroxylation is 3. The van der Waals surface area contributed by atoms with Crippen molar-refractivity contribution in [2.75, 3.05) is 18.0 Å². The number of carbonyl (C=O) groups excluding carboxylic acids is 2. The normalized spacial score (nSPS) is 20.2. The summed E-state index contributed by atoms with van der Waals surface area (Å²) in [6.07, 6.45) is 1.12. The zero-order valence-corrected chi connectivity index (χ0v) is 21.9. The topological polar surface area (TPSA) is 116 Å². The van der Waals surface area contributed by atoms with Crippen molar-refractivity contribution in [2.24, 2.45) is 7.05 Å². The maximum atomic E-state index is 13.6. The predicted molar refractivity (Wildman–Crippen MR) is 129 cm³/mol. The standard InChI is InChI=1S/C24H35N7O4/c1-15-17(18-26-28-29(8)27-18)13-16-9-10-24(11-12-30(14-24)20(32)34-22(2,3)4)31(19(16)25-15)21(33)35-23(5,6)7/h13H,9-12,14H2,1-8H3. The highest BCUT2D eigenvalue weighted by Gasteiger charge is 2.52. The van der Waals surface area contributed by atoms with Crippen molar-refractivity contribution in [3.63, 3.8) is 0 Å². The zero-order chi connectivity index (χ0) is 25.8. The molecule has 0 aromatic carbocycles. The van der Waals surface area contributed by atoms with E-state index in [9.17, 15) is 9.59 Å². The minimum absolute atomic E-state index is 0.356. The number of aromatic nitrogens is 5. The van der Waals surface area contributed by atoms with E-state index in [2.05, 4.69) is 15.4 Å². The number of anilines is 1. The van der Waals surface area contributed by atoms with Crippen LogP contribution >= 0.6 is 0 Å². The van der Waals surface area contributed by atoms with Crippen LogP contribution in [0.3, 0.4) is 0 Å². The Hall–Kier alpha value is -3.24. The molecular formula is C24H35N7O4. The molecule has 0 saturated carbocycles. The fourth-order valence-corrected chi connectivity index (χ4v) is 4.65. The lowest BCUT2D eigenvalue weighted by Crippen LogP contribution is -2.58. The van der Waals surface area contributed by atoms with Gasteiger partial charge < -0.3 is 14.4 Å². The van der Waals surface area contributed by atoms with Crippen LogP contribution in [0, 0.1) is 6.92 Å². The molecule has 2 aromatic heterocycles. The number of hydrogen-bond donors (Lipinski definition) is 0. The van der Waals surface area contributed by atoms with Gasteiger partial charge >= 0.3 is 12.2 Å². The Balaban J connectivity index is 1.73. The lowest BCUT2D eigenvalue weighted by atomic mass is 9.84. The summed E-state index contributed by atoms with van der Waals surface area (Å²) >= 11 is 0. The van der Waals surface area contributed by atoms with Crippen LogP contribution in [-0.2, 0) is 22.9 Å². The number of fused-ring (bicyclic) bond motifs is 1. The van der Waals surface area contributed by atoms with E-state index in [-0.39, 0.29) is 6.09 Å². The number of nitrogens with zero attached hydrogens (tertiary/aromatic N) is 7. The molecule has 2 amide bonds. The van der Waals surface area contributed by atoms with Crippen molar-refractivity contribution >= 4 is 18.0 Å². The van der Waals surface area contributed by atoms with Gasteiger partial charge in [-0.25, -0.2) is 14.6 Å². The van der Waals surface area contributed by atoms with E-state index in [1.54, 1.807) is 16.8 Å². The summed E-state index contributed by atoms with van der Waals surface area (Å²) < 4.78 is 11.4. The molecule has 1 atom stereocenters. The maximum Gasteiger partial charge on any atom is 0.416 e. The lowest BCUT2D eigenvalue weighted by Gasteiger charge is -2.44. The third kappa shape index (κ3) is 5.08. The molecule has 190 valence electrons. The van der Waals surface area contributed by atoms with Gasteiger partial charge in [0.05, 0.1) is 18.3 Å². The highest BCUT2D eigenvalue weighted by molar-refractivity contribution is 5.91. The molecule has 0 radical (unpaired) electrons. The van der Waals surface area contributed by atoms with Crippen molar-refractivity contribution in [3.05, 3.63) is 17.3 Å². The molecule has 1 fully saturated rings. The molecule has 4 rings (SSSR count). The van der Waals surface area contributed by atoms with Crippen molar-refractivity contribution in [3.8, 4) is 11.4 Å². The Morgan fingerprint density at radius 1 is 1.03 bits per heavy atom. The second-order valence-corrected chi connectivity index (χ2v) is 11.4. The molecular weight excluding hydrogens is 450 g/mol. The first-order chi connectivity index (χ1) is 16.2. The fourth-order valence-electron chi connectivity index (χ4n) is 4.65. The highest BCUT2D eigenvalue weighted by atomic mass is 16.6. The van der Waals surface area contributed by atoms with Gasteiger partial charge in [0.1, 0.15) is 17.0 Å². The van der Waals surface area contributed by atoms with Crippen molar-refractivity contribution < 1.29 is 19.1 Å². The van der Waals surface area contributed by atoms with E-state index in [1.165, 1.54) is 4.80 Å². The van der Waals surface area contributed by atoms with E-state index in [4.69, 9.17) is 14.5 Å². The van der Waals surface area contributed by atoms with Gasteiger partial charge in [0.15, 0.2) is 0 Å². The SMILES string of the molecule is Cc1nc2c(cc1-c1nnn(C)n1)CCC1(CCN(C(=O)OC(C)(C)C)C1)N2C(=O)OC(C)(C)C. The molecule has 2 aliphatic rings. The third-order valence-corrected chi connectivity index (χ3v) is 6.12. The summed E-state index contributed by atoms with van der Waals surface area (Å²) in [4.78, 5) is 36.0. The van der Waals surface area contributed by atoms with E-state index >= 15 is 0 Å². The predicted octanol–water partition coefficient (Wildman–Crippen LogP) is 3.65. The summed E-state index contributed by atoms with van der Waals surface area (Å²) in [5.74, 6) is 1.04. The smallest absolute Gasteiger partial charge is 0.416 e. The fraction of sp³-hybridized carbons (Fsp3) is 0.667. The summed E-state index contributed by atoms with van der Waals surface area (Å²) in [6.45, 7) is 13.8. The van der Waals surface area contributed by atoms with Crippen molar-refractivity contribution in [2.45, 2.75) is 84.5 Å². The van der Waals surface area contributed by atoms with Crippen LogP contribution in [-0.4, -0.2) is 72.1 Å². The Kier molecular flexibility index (Phi) is 6.01. The number of carbonyl (C=O) groups is 2. The second kappa shape index (κ2) is 8.46. The van der Waals surface area contributed by atoms with Gasteiger partial charge in [-0.2, -0.15) is 4.80 Å². The third-order valence-electron chi connectivity index (χ3n) is 6.12. The number of likely N-dealkylation sites (tertiary alicyclic amines) is 1. The Labute approximate surface area is 205 Å². The van der Waals surface area contributed by atoms with E-state index in [0.29, 0.717) is 49.7 Å². The second-order valence-electron chi connectivity index (χ2n) is 11.4. The number of pyridine rings is 1. The summed E-state index contributed by atoms with van der Waals surface area (Å²) in [5, 5.41) is 12.4. The maximum absolute atomic E-state index is 13.6. The van der Waals surface area contributed by atoms with E-state index in [1.807, 2.05) is 54.5 Å². The monoisotopic (exact) mass is 485 g/mol. The lowest BCUT2D eigenvalue weighted by molar-refractivity contribution is 0.0272. The molecule has 2 aliphatic heterocycles. The van der Waals surface area contributed by atoms with Gasteiger partial charge in [-0.3, -0.25) is 4.90 Å². The van der Waals surface area contributed by atoms with Gasteiger partial charge in [0.2, 0.25) is 5.82 Å². The van der Waals surface area contributed by atoms with Crippen LogP contribution in [0.2, 0.25) is 0 Å². The largest absolute Gasteiger partial charge is 0.444 e. The van der Waals surface area contributed by atoms with Crippen molar-refractivity contribution in [1.29, 1.82) is 0 Å². The van der Waals surface area contributed by atoms with Gasteiger partial charge in [-0.1, -0.05) is 0 Å². The summed E-state index contributed by atoms with van der Waals surface area (Å²) in [7, 11) is 1.71. The van der Waals surface area contributed by atoms with Gasteiger partial charge in [0.25, 0.3) is 0 Å². The number of amides is 2. The summed E-state index contributed by atoms with van der Waals surface area (Å²) in [6, 6.07) is 1.99. The van der Waals surface area contributed by atoms with E-state index < -0.39 is 22.8 Å². The van der Waals surface area contributed by atoms with Gasteiger partial charge in [-0.05, 0) is 84.6 Å². The van der Waals surface area contributed by atoms with Crippen LogP contribution in [0.15, 0.2) is 6.07 Å². The first kappa shape index (κ1) is 24.9. The summed E-state index contributed by atoms with van der Waals surface area (Å²) in [5.41, 5.74) is 0.462. The molecule has 4 heterocycles. The van der Waals surface area contributed by atoms with Crippen LogP contribution in [0.5, 0.6) is 0 Å². The molecule has 0 bridgehead atoms. The van der Waals surface area contributed by atoms with Crippen LogP contribution in [0.25, 0.3) is 11.4 Å². The number of tetrazole rings is 1. The molecule has 11 heteroatoms. The molecule has 11 nitrogen and oxygen atoms in total. The van der Waals surface area contributed by atoms with Crippen LogP contribution in [0.4, 0.5) is 15.4 Å². The average Bonchev–Trinajstić information content (AvgIpc) is 3.32.